The van der Waals surface area contributed by atoms with Crippen molar-refractivity contribution in [1.82, 2.24) is 4.57 Å². The van der Waals surface area contributed by atoms with E-state index in [1.54, 1.807) is 0 Å². The second-order valence-corrected chi connectivity index (χ2v) is 4.46. The van der Waals surface area contributed by atoms with Gasteiger partial charge in [-0.15, -0.1) is 0 Å². The largest absolute Gasteiger partial charge is 0.364 e. The maximum atomic E-state index is 11.5. The number of carbonyl (C=O) groups is 1. The monoisotopic (exact) mass is 230 g/mol. The van der Waals surface area contributed by atoms with Crippen molar-refractivity contribution in [1.29, 1.82) is 0 Å². The number of nitrogens with two attached hydrogens (primary N) is 1. The standard InChI is InChI=1S/C14H18N2O/c1-3-6-10(2)16-12-8-5-4-7-11(12)9-13(16)14(15)17/h4-5,7-10H,3,6H2,1-2H3,(H2,15,17). The van der Waals surface area contributed by atoms with Gasteiger partial charge < -0.3 is 10.3 Å². The molecule has 0 aliphatic rings. The van der Waals surface area contributed by atoms with Crippen LogP contribution in [0.15, 0.2) is 30.3 Å². The predicted molar refractivity (Wildman–Crippen MR) is 70.1 cm³/mol. The van der Waals surface area contributed by atoms with Gasteiger partial charge >= 0.3 is 0 Å². The van der Waals surface area contributed by atoms with Crippen LogP contribution in [0.3, 0.4) is 0 Å². The molecular weight excluding hydrogens is 212 g/mol. The van der Waals surface area contributed by atoms with Crippen molar-refractivity contribution in [2.75, 3.05) is 0 Å². The summed E-state index contributed by atoms with van der Waals surface area (Å²) in [4.78, 5) is 11.5. The number of benzene rings is 1. The van der Waals surface area contributed by atoms with E-state index in [4.69, 9.17) is 5.73 Å². The lowest BCUT2D eigenvalue weighted by atomic mass is 10.2. The number of aromatic nitrogens is 1. The van der Waals surface area contributed by atoms with Gasteiger partial charge in [0.05, 0.1) is 0 Å². The third-order valence-electron chi connectivity index (χ3n) is 3.15. The number of nitrogens with zero attached hydrogens (tertiary/aromatic N) is 1. The minimum Gasteiger partial charge on any atom is -0.364 e. The lowest BCUT2D eigenvalue weighted by Gasteiger charge is -2.16. The molecule has 0 bridgehead atoms. The summed E-state index contributed by atoms with van der Waals surface area (Å²) in [6, 6.07) is 10.2. The molecule has 3 nitrogen and oxygen atoms in total. The number of para-hydroxylation sites is 1. The van der Waals surface area contributed by atoms with Crippen LogP contribution >= 0.6 is 0 Å². The Hall–Kier alpha value is -1.77. The highest BCUT2D eigenvalue weighted by Gasteiger charge is 2.16. The first-order valence-electron chi connectivity index (χ1n) is 6.05. The van der Waals surface area contributed by atoms with E-state index in [-0.39, 0.29) is 5.91 Å². The molecule has 1 aromatic heterocycles. The number of rotatable bonds is 4. The van der Waals surface area contributed by atoms with Crippen molar-refractivity contribution in [2.45, 2.75) is 32.7 Å². The zero-order valence-corrected chi connectivity index (χ0v) is 10.3. The number of amides is 1. The molecule has 2 N–H and O–H groups in total. The van der Waals surface area contributed by atoms with Gasteiger partial charge in [0.25, 0.3) is 5.91 Å². The summed E-state index contributed by atoms with van der Waals surface area (Å²) in [5.41, 5.74) is 7.14. The fourth-order valence-corrected chi connectivity index (χ4v) is 2.39. The lowest BCUT2D eigenvalue weighted by Crippen LogP contribution is -2.19. The highest BCUT2D eigenvalue weighted by molar-refractivity contribution is 5.97. The van der Waals surface area contributed by atoms with E-state index in [1.807, 2.05) is 30.3 Å². The molecule has 0 spiro atoms. The molecule has 1 unspecified atom stereocenters. The average molecular weight is 230 g/mol. The van der Waals surface area contributed by atoms with Gasteiger partial charge in [0.15, 0.2) is 0 Å². The van der Waals surface area contributed by atoms with Crippen molar-refractivity contribution < 1.29 is 4.79 Å². The Morgan fingerprint density at radius 2 is 2.12 bits per heavy atom. The zero-order chi connectivity index (χ0) is 12.4. The lowest BCUT2D eigenvalue weighted by molar-refractivity contribution is 0.0990. The van der Waals surface area contributed by atoms with Crippen molar-refractivity contribution in [3.63, 3.8) is 0 Å². The number of hydrogen-bond donors (Lipinski definition) is 1. The van der Waals surface area contributed by atoms with E-state index < -0.39 is 0 Å². The number of hydrogen-bond acceptors (Lipinski definition) is 1. The zero-order valence-electron chi connectivity index (χ0n) is 10.3. The Morgan fingerprint density at radius 1 is 1.41 bits per heavy atom. The van der Waals surface area contributed by atoms with Crippen LogP contribution in [-0.4, -0.2) is 10.5 Å². The van der Waals surface area contributed by atoms with Gasteiger partial charge in [-0.2, -0.15) is 0 Å². The highest BCUT2D eigenvalue weighted by atomic mass is 16.1. The highest BCUT2D eigenvalue weighted by Crippen LogP contribution is 2.26. The number of carbonyl (C=O) groups excluding carboxylic acids is 1. The Bertz CT molecular complexity index is 542. The van der Waals surface area contributed by atoms with E-state index in [1.165, 1.54) is 0 Å². The number of primary amides is 1. The molecule has 0 aliphatic carbocycles. The van der Waals surface area contributed by atoms with Gasteiger partial charge in [0.2, 0.25) is 0 Å². The quantitative estimate of drug-likeness (QED) is 0.862. The molecule has 1 heterocycles. The van der Waals surface area contributed by atoms with E-state index in [0.29, 0.717) is 11.7 Å². The maximum absolute atomic E-state index is 11.5. The first kappa shape index (κ1) is 11.7. The molecule has 3 heteroatoms. The summed E-state index contributed by atoms with van der Waals surface area (Å²) in [6.07, 6.45) is 2.13. The Balaban J connectivity index is 2.63. The second-order valence-electron chi connectivity index (χ2n) is 4.46. The first-order valence-corrected chi connectivity index (χ1v) is 6.05. The third kappa shape index (κ3) is 2.05. The van der Waals surface area contributed by atoms with Gasteiger partial charge in [-0.3, -0.25) is 4.79 Å². The fourth-order valence-electron chi connectivity index (χ4n) is 2.39. The third-order valence-corrected chi connectivity index (χ3v) is 3.15. The summed E-state index contributed by atoms with van der Waals surface area (Å²) >= 11 is 0. The van der Waals surface area contributed by atoms with Crippen LogP contribution in [0.25, 0.3) is 10.9 Å². The molecule has 90 valence electrons. The average Bonchev–Trinajstić information content (AvgIpc) is 2.68. The smallest absolute Gasteiger partial charge is 0.265 e. The summed E-state index contributed by atoms with van der Waals surface area (Å²) in [5, 5.41) is 1.07. The summed E-state index contributed by atoms with van der Waals surface area (Å²) in [5.74, 6) is -0.357. The van der Waals surface area contributed by atoms with E-state index in [9.17, 15) is 4.79 Å². The topological polar surface area (TPSA) is 48.0 Å². The molecule has 17 heavy (non-hydrogen) atoms. The summed E-state index contributed by atoms with van der Waals surface area (Å²) in [6.45, 7) is 4.27. The molecule has 0 fully saturated rings. The van der Waals surface area contributed by atoms with Crippen LogP contribution in [0.4, 0.5) is 0 Å². The van der Waals surface area contributed by atoms with Gasteiger partial charge in [-0.1, -0.05) is 31.5 Å². The van der Waals surface area contributed by atoms with Crippen LogP contribution in [-0.2, 0) is 0 Å². The Morgan fingerprint density at radius 3 is 2.76 bits per heavy atom. The normalized spacial score (nSPS) is 12.8. The molecule has 2 rings (SSSR count). The minimum absolute atomic E-state index is 0.294. The molecule has 0 radical (unpaired) electrons. The van der Waals surface area contributed by atoms with Crippen molar-refractivity contribution in [2.24, 2.45) is 5.73 Å². The predicted octanol–water partition coefficient (Wildman–Crippen LogP) is 3.10. The SMILES string of the molecule is CCCC(C)n1c(C(N)=O)cc2ccccc21. The van der Waals surface area contributed by atoms with Gasteiger partial charge in [-0.05, 0) is 25.5 Å². The Labute approximate surface area is 101 Å². The summed E-state index contributed by atoms with van der Waals surface area (Å²) in [7, 11) is 0. The maximum Gasteiger partial charge on any atom is 0.265 e. The fraction of sp³-hybridized carbons (Fsp3) is 0.357. The van der Waals surface area contributed by atoms with Crippen LogP contribution in [0.1, 0.15) is 43.2 Å². The summed E-state index contributed by atoms with van der Waals surface area (Å²) < 4.78 is 2.06. The van der Waals surface area contributed by atoms with Gasteiger partial charge in [0, 0.05) is 16.9 Å². The molecule has 1 aromatic carbocycles. The first-order chi connectivity index (χ1) is 8.15. The number of fused-ring (bicyclic) bond motifs is 1. The molecule has 0 aliphatic heterocycles. The van der Waals surface area contributed by atoms with Crippen LogP contribution in [0.5, 0.6) is 0 Å². The van der Waals surface area contributed by atoms with Crippen LogP contribution in [0.2, 0.25) is 0 Å². The van der Waals surface area contributed by atoms with E-state index >= 15 is 0 Å². The molecule has 0 saturated carbocycles. The van der Waals surface area contributed by atoms with Gasteiger partial charge in [0.1, 0.15) is 5.69 Å². The van der Waals surface area contributed by atoms with E-state index in [0.717, 1.165) is 23.7 Å². The van der Waals surface area contributed by atoms with Crippen molar-refractivity contribution in [3.8, 4) is 0 Å². The molecule has 0 saturated heterocycles. The molecule has 1 amide bonds. The van der Waals surface area contributed by atoms with E-state index in [2.05, 4.69) is 18.4 Å². The molecular formula is C14H18N2O. The van der Waals surface area contributed by atoms with Crippen LogP contribution in [0, 0.1) is 0 Å². The molecule has 2 aromatic rings. The Kier molecular flexibility index (Phi) is 3.18. The van der Waals surface area contributed by atoms with Crippen molar-refractivity contribution >= 4 is 16.8 Å². The van der Waals surface area contributed by atoms with Crippen LogP contribution < -0.4 is 5.73 Å². The molecule has 1 atom stereocenters. The van der Waals surface area contributed by atoms with Gasteiger partial charge in [-0.25, -0.2) is 0 Å². The minimum atomic E-state index is -0.357. The van der Waals surface area contributed by atoms with Crippen molar-refractivity contribution in [3.05, 3.63) is 36.0 Å². The second kappa shape index (κ2) is 4.62.